The van der Waals surface area contributed by atoms with Crippen LogP contribution in [0.5, 0.6) is 0 Å². The predicted molar refractivity (Wildman–Crippen MR) is 162 cm³/mol. The number of H-pyrrole nitrogens is 1. The number of carbonyl (C=O) groups is 1. The molecule has 3 N–H and O–H groups in total. The van der Waals surface area contributed by atoms with E-state index in [4.69, 9.17) is 4.74 Å². The molecule has 0 spiro atoms. The lowest BCUT2D eigenvalue weighted by molar-refractivity contribution is 0.0904. The molecule has 0 aliphatic carbocycles. The van der Waals surface area contributed by atoms with Crippen molar-refractivity contribution >= 4 is 34.3 Å². The molecule has 0 unspecified atom stereocenters. The fraction of sp³-hybridized carbons (Fsp3) is 0.355. The lowest BCUT2D eigenvalue weighted by atomic mass is 10.1. The number of halogens is 2. The Morgan fingerprint density at radius 1 is 1.07 bits per heavy atom. The van der Waals surface area contributed by atoms with E-state index in [1.807, 2.05) is 25.2 Å². The van der Waals surface area contributed by atoms with E-state index in [1.54, 1.807) is 0 Å². The first-order valence-electron chi connectivity index (χ1n) is 14.1. The molecule has 12 heteroatoms. The topological polar surface area (TPSA) is 111 Å². The lowest BCUT2D eigenvalue weighted by Crippen LogP contribution is -2.29. The molecule has 0 atom stereocenters. The highest BCUT2D eigenvalue weighted by atomic mass is 19.1. The van der Waals surface area contributed by atoms with Crippen LogP contribution >= 0.6 is 0 Å². The van der Waals surface area contributed by atoms with Crippen LogP contribution in [0.1, 0.15) is 40.9 Å². The number of aromatic nitrogens is 4. The molecule has 5 rings (SSSR count). The Kier molecular flexibility index (Phi) is 9.44. The van der Waals surface area contributed by atoms with Gasteiger partial charge in [-0.1, -0.05) is 5.92 Å². The van der Waals surface area contributed by atoms with Gasteiger partial charge in [-0.3, -0.25) is 9.89 Å². The van der Waals surface area contributed by atoms with Crippen LogP contribution in [-0.2, 0) is 4.74 Å². The average molecular weight is 589 g/mol. The number of anilines is 3. The van der Waals surface area contributed by atoms with Crippen molar-refractivity contribution in [1.82, 2.24) is 25.1 Å². The molecule has 1 aliphatic rings. The van der Waals surface area contributed by atoms with Gasteiger partial charge in [-0.05, 0) is 76.2 Å². The molecule has 1 aliphatic heterocycles. The number of amides is 1. The second kappa shape index (κ2) is 13.6. The van der Waals surface area contributed by atoms with Crippen molar-refractivity contribution in [2.24, 2.45) is 0 Å². The van der Waals surface area contributed by atoms with Gasteiger partial charge in [0.05, 0.1) is 11.8 Å². The van der Waals surface area contributed by atoms with Crippen LogP contribution in [0, 0.1) is 23.5 Å². The van der Waals surface area contributed by atoms with Crippen LogP contribution in [0.25, 0.3) is 11.2 Å². The third kappa shape index (κ3) is 7.82. The van der Waals surface area contributed by atoms with E-state index in [2.05, 4.69) is 66.5 Å². The van der Waals surface area contributed by atoms with E-state index in [-0.39, 0.29) is 29.0 Å². The Labute approximate surface area is 248 Å². The number of aromatic amines is 1. The van der Waals surface area contributed by atoms with Crippen LogP contribution in [0.2, 0.25) is 0 Å². The van der Waals surface area contributed by atoms with E-state index >= 15 is 0 Å². The summed E-state index contributed by atoms with van der Waals surface area (Å²) in [6, 6.07) is 8.97. The van der Waals surface area contributed by atoms with Gasteiger partial charge < -0.3 is 25.2 Å². The van der Waals surface area contributed by atoms with Crippen LogP contribution in [-0.4, -0.2) is 84.5 Å². The van der Waals surface area contributed by atoms with Gasteiger partial charge in [0, 0.05) is 55.9 Å². The Bertz CT molecular complexity index is 1640. The average Bonchev–Trinajstić information content (AvgIpc) is 3.37. The molecular formula is C31H34F2N8O2. The second-order valence-electron chi connectivity index (χ2n) is 10.7. The van der Waals surface area contributed by atoms with E-state index in [1.165, 1.54) is 6.20 Å². The Morgan fingerprint density at radius 2 is 1.84 bits per heavy atom. The van der Waals surface area contributed by atoms with Crippen LogP contribution in [0.15, 0.2) is 42.6 Å². The highest BCUT2D eigenvalue weighted by molar-refractivity contribution is 6.10. The summed E-state index contributed by atoms with van der Waals surface area (Å²) < 4.78 is 32.6. The van der Waals surface area contributed by atoms with E-state index in [9.17, 15) is 13.6 Å². The molecule has 0 radical (unpaired) electrons. The Balaban J connectivity index is 1.38. The number of hydrogen-bond donors (Lipinski definition) is 3. The van der Waals surface area contributed by atoms with E-state index in [0.29, 0.717) is 29.9 Å². The summed E-state index contributed by atoms with van der Waals surface area (Å²) >= 11 is 0. The first-order chi connectivity index (χ1) is 20.7. The summed E-state index contributed by atoms with van der Waals surface area (Å²) in [6.45, 7) is 3.19. The minimum absolute atomic E-state index is 0.163. The molecule has 224 valence electrons. The number of benzene rings is 2. The summed E-state index contributed by atoms with van der Waals surface area (Å²) in [4.78, 5) is 26.7. The van der Waals surface area contributed by atoms with Gasteiger partial charge in [0.25, 0.3) is 5.91 Å². The van der Waals surface area contributed by atoms with Gasteiger partial charge in [-0.2, -0.15) is 5.10 Å². The lowest BCUT2D eigenvalue weighted by Gasteiger charge is -2.27. The summed E-state index contributed by atoms with van der Waals surface area (Å²) in [5.74, 6) is 3.84. The Hall–Kier alpha value is -4.60. The fourth-order valence-corrected chi connectivity index (χ4v) is 4.78. The van der Waals surface area contributed by atoms with Crippen LogP contribution < -0.4 is 15.5 Å². The summed E-state index contributed by atoms with van der Waals surface area (Å²) in [5, 5.41) is 13.4. The van der Waals surface area contributed by atoms with E-state index < -0.39 is 11.6 Å². The van der Waals surface area contributed by atoms with Gasteiger partial charge in [0.15, 0.2) is 17.0 Å². The minimum atomic E-state index is -0.722. The number of rotatable bonds is 9. The summed E-state index contributed by atoms with van der Waals surface area (Å²) in [7, 11) is 6.16. The summed E-state index contributed by atoms with van der Waals surface area (Å²) in [6.07, 6.45) is 4.11. The first-order valence-corrected chi connectivity index (χ1v) is 14.1. The van der Waals surface area contributed by atoms with Crippen molar-refractivity contribution in [2.45, 2.75) is 25.3 Å². The van der Waals surface area contributed by atoms with Gasteiger partial charge in [0.2, 0.25) is 0 Å². The van der Waals surface area contributed by atoms with E-state index in [0.717, 1.165) is 61.9 Å². The first kappa shape index (κ1) is 29.9. The van der Waals surface area contributed by atoms with Gasteiger partial charge >= 0.3 is 0 Å². The van der Waals surface area contributed by atoms with Crippen LogP contribution in [0.4, 0.5) is 26.0 Å². The molecule has 2 aromatic heterocycles. The zero-order valence-electron chi connectivity index (χ0n) is 24.4. The predicted octanol–water partition coefficient (Wildman–Crippen LogP) is 4.26. The molecule has 1 saturated heterocycles. The normalized spacial score (nSPS) is 13.5. The third-order valence-electron chi connectivity index (χ3n) is 7.07. The van der Waals surface area contributed by atoms with Gasteiger partial charge in [-0.15, -0.1) is 0 Å². The SMILES string of the molecule is CN(C)CCCN(C)c1ccc(C(=O)Nc2n[nH]c3ncc(C#Cc4cc(F)cc(F)c4)nc23)c(NC2CCOCC2)c1. The monoisotopic (exact) mass is 588 g/mol. The number of nitrogens with zero attached hydrogens (tertiary/aromatic N) is 5. The van der Waals surface area contributed by atoms with Crippen molar-refractivity contribution in [3.8, 4) is 11.8 Å². The molecule has 1 fully saturated rings. The molecule has 43 heavy (non-hydrogen) atoms. The number of hydrogen-bond acceptors (Lipinski definition) is 8. The highest BCUT2D eigenvalue weighted by Gasteiger charge is 2.21. The zero-order valence-corrected chi connectivity index (χ0v) is 24.4. The smallest absolute Gasteiger partial charge is 0.259 e. The maximum Gasteiger partial charge on any atom is 0.259 e. The quantitative estimate of drug-likeness (QED) is 0.249. The molecule has 4 aromatic rings. The van der Waals surface area contributed by atoms with Crippen LogP contribution in [0.3, 0.4) is 0 Å². The molecule has 1 amide bonds. The van der Waals surface area contributed by atoms with Crippen molar-refractivity contribution in [3.63, 3.8) is 0 Å². The molecule has 10 nitrogen and oxygen atoms in total. The summed E-state index contributed by atoms with van der Waals surface area (Å²) in [5.41, 5.74) is 3.26. The molecule has 0 bridgehead atoms. The third-order valence-corrected chi connectivity index (χ3v) is 7.07. The van der Waals surface area contributed by atoms with Crippen molar-refractivity contribution in [2.75, 3.05) is 63.0 Å². The highest BCUT2D eigenvalue weighted by Crippen LogP contribution is 2.27. The number of ether oxygens (including phenoxy) is 1. The largest absolute Gasteiger partial charge is 0.381 e. The van der Waals surface area contributed by atoms with Crippen molar-refractivity contribution in [1.29, 1.82) is 0 Å². The zero-order chi connectivity index (χ0) is 30.3. The molecule has 3 heterocycles. The molecule has 2 aromatic carbocycles. The standard InChI is InChI=1S/C31H34F2N8O2/c1-40(2)11-4-12-41(3)25-7-8-26(27(18-25)35-23-9-13-43-14-10-23)31(42)37-30-28-29(38-39-30)34-19-24(36-28)6-5-20-15-21(32)17-22(33)16-20/h7-8,15-19,23,35H,4,9-14H2,1-3H3,(H2,34,37,38,39,42). The number of nitrogens with one attached hydrogen (secondary N) is 3. The maximum absolute atomic E-state index is 13.6. The molecular weight excluding hydrogens is 554 g/mol. The number of fused-ring (bicyclic) bond motifs is 1. The molecule has 0 saturated carbocycles. The van der Waals surface area contributed by atoms with Crippen molar-refractivity contribution in [3.05, 3.63) is 71.1 Å². The Morgan fingerprint density at radius 3 is 2.58 bits per heavy atom. The van der Waals surface area contributed by atoms with Gasteiger partial charge in [0.1, 0.15) is 17.3 Å². The fourth-order valence-electron chi connectivity index (χ4n) is 4.78. The van der Waals surface area contributed by atoms with Gasteiger partial charge in [-0.25, -0.2) is 18.7 Å². The minimum Gasteiger partial charge on any atom is -0.381 e. The maximum atomic E-state index is 13.6. The van der Waals surface area contributed by atoms with Crippen molar-refractivity contribution < 1.29 is 18.3 Å². The number of carbonyl (C=O) groups excluding carboxylic acids is 1. The second-order valence-corrected chi connectivity index (χ2v) is 10.7.